The molecule has 0 aliphatic carbocycles. The highest BCUT2D eigenvalue weighted by Crippen LogP contribution is 2.34. The monoisotopic (exact) mass is 291 g/mol. The van der Waals surface area contributed by atoms with Gasteiger partial charge < -0.3 is 5.73 Å². The molecule has 0 aliphatic heterocycles. The molecule has 0 atom stereocenters. The molecule has 1 nitrogen and oxygen atoms in total. The maximum Gasteiger partial charge on any atom is 0.0492 e. The van der Waals surface area contributed by atoms with Crippen LogP contribution in [0.25, 0.3) is 16.5 Å². The lowest BCUT2D eigenvalue weighted by atomic mass is 10.0. The smallest absolute Gasteiger partial charge is 0.0492 e. The largest absolute Gasteiger partial charge is 0.327 e. The minimum Gasteiger partial charge on any atom is -0.327 e. The van der Waals surface area contributed by atoms with Gasteiger partial charge in [0.25, 0.3) is 0 Å². The van der Waals surface area contributed by atoms with Gasteiger partial charge in [-0.15, -0.1) is 11.3 Å². The van der Waals surface area contributed by atoms with E-state index in [1.807, 2.05) is 24.3 Å². The van der Waals surface area contributed by atoms with Gasteiger partial charge in [-0.25, -0.2) is 0 Å². The fourth-order valence-corrected chi connectivity index (χ4v) is 3.20. The summed E-state index contributed by atoms with van der Waals surface area (Å²) in [4.78, 5) is 2.42. The standard InChI is InChI=1S/C16H18ClNS/c1-11(2)12(10-18)9-13-7-8-16(19-13)14-5-3-4-6-15(14)17/h3-9,11H,10,18H2,1-2H3. The molecule has 0 saturated heterocycles. The Bertz CT molecular complexity index is 584. The van der Waals surface area contributed by atoms with Crippen molar-refractivity contribution in [3.8, 4) is 10.4 Å². The van der Waals surface area contributed by atoms with Crippen molar-refractivity contribution < 1.29 is 0 Å². The molecule has 0 amide bonds. The van der Waals surface area contributed by atoms with Crippen LogP contribution >= 0.6 is 22.9 Å². The highest BCUT2D eigenvalue weighted by atomic mass is 35.5. The van der Waals surface area contributed by atoms with E-state index >= 15 is 0 Å². The van der Waals surface area contributed by atoms with Gasteiger partial charge in [0, 0.05) is 26.9 Å². The minimum atomic E-state index is 0.482. The molecule has 1 aromatic heterocycles. The normalized spacial score (nSPS) is 12.2. The van der Waals surface area contributed by atoms with Gasteiger partial charge in [0.05, 0.1) is 0 Å². The Morgan fingerprint density at radius 1 is 1.26 bits per heavy atom. The number of benzene rings is 1. The number of thiophene rings is 1. The van der Waals surface area contributed by atoms with Crippen molar-refractivity contribution in [3.05, 3.63) is 51.9 Å². The van der Waals surface area contributed by atoms with Crippen LogP contribution in [0.1, 0.15) is 18.7 Å². The molecule has 0 unspecified atom stereocenters. The zero-order valence-corrected chi connectivity index (χ0v) is 12.8. The van der Waals surface area contributed by atoms with Crippen LogP contribution in [0.2, 0.25) is 5.02 Å². The van der Waals surface area contributed by atoms with Crippen LogP contribution in [0.15, 0.2) is 42.0 Å². The van der Waals surface area contributed by atoms with Gasteiger partial charge in [0.2, 0.25) is 0 Å². The van der Waals surface area contributed by atoms with E-state index in [1.165, 1.54) is 15.3 Å². The average molecular weight is 292 g/mol. The Morgan fingerprint density at radius 3 is 2.63 bits per heavy atom. The van der Waals surface area contributed by atoms with Crippen molar-refractivity contribution in [2.45, 2.75) is 13.8 Å². The van der Waals surface area contributed by atoms with E-state index in [-0.39, 0.29) is 0 Å². The number of hydrogen-bond acceptors (Lipinski definition) is 2. The number of halogens is 1. The van der Waals surface area contributed by atoms with E-state index in [0.29, 0.717) is 12.5 Å². The van der Waals surface area contributed by atoms with E-state index in [2.05, 4.69) is 32.1 Å². The molecule has 0 fully saturated rings. The van der Waals surface area contributed by atoms with Gasteiger partial charge in [0.1, 0.15) is 0 Å². The molecule has 0 aliphatic rings. The van der Waals surface area contributed by atoms with E-state index < -0.39 is 0 Å². The summed E-state index contributed by atoms with van der Waals surface area (Å²) >= 11 is 7.97. The molecule has 0 bridgehead atoms. The number of nitrogens with two attached hydrogens (primary N) is 1. The highest BCUT2D eigenvalue weighted by Gasteiger charge is 2.07. The lowest BCUT2D eigenvalue weighted by Gasteiger charge is -2.07. The second kappa shape index (κ2) is 6.38. The molecular weight excluding hydrogens is 274 g/mol. The van der Waals surface area contributed by atoms with Crippen molar-refractivity contribution >= 4 is 29.0 Å². The Labute approximate surface area is 123 Å². The Hall–Kier alpha value is -1.09. The third-order valence-electron chi connectivity index (χ3n) is 3.07. The molecule has 100 valence electrons. The first kappa shape index (κ1) is 14.3. The summed E-state index contributed by atoms with van der Waals surface area (Å²) in [6.07, 6.45) is 2.19. The van der Waals surface area contributed by atoms with Gasteiger partial charge >= 0.3 is 0 Å². The van der Waals surface area contributed by atoms with Crippen LogP contribution in [-0.4, -0.2) is 6.54 Å². The molecule has 19 heavy (non-hydrogen) atoms. The van der Waals surface area contributed by atoms with Crippen LogP contribution in [0, 0.1) is 5.92 Å². The summed E-state index contributed by atoms with van der Waals surface area (Å²) in [7, 11) is 0. The first-order valence-electron chi connectivity index (χ1n) is 6.37. The summed E-state index contributed by atoms with van der Waals surface area (Å²) in [5, 5.41) is 0.794. The number of rotatable bonds is 4. The first-order chi connectivity index (χ1) is 9.11. The maximum atomic E-state index is 6.22. The summed E-state index contributed by atoms with van der Waals surface area (Å²) < 4.78 is 0. The van der Waals surface area contributed by atoms with E-state index in [4.69, 9.17) is 17.3 Å². The zero-order chi connectivity index (χ0) is 13.8. The summed E-state index contributed by atoms with van der Waals surface area (Å²) in [5.41, 5.74) is 8.14. The van der Waals surface area contributed by atoms with Crippen LogP contribution in [0.5, 0.6) is 0 Å². The second-order valence-electron chi connectivity index (χ2n) is 4.76. The SMILES string of the molecule is CC(C)C(=Cc1ccc(-c2ccccc2Cl)s1)CN. The third kappa shape index (κ3) is 3.47. The van der Waals surface area contributed by atoms with Crippen LogP contribution in [0.4, 0.5) is 0 Å². The molecule has 0 spiro atoms. The first-order valence-corrected chi connectivity index (χ1v) is 7.56. The molecule has 3 heteroatoms. The quantitative estimate of drug-likeness (QED) is 0.836. The van der Waals surface area contributed by atoms with Crippen LogP contribution < -0.4 is 5.73 Å². The second-order valence-corrected chi connectivity index (χ2v) is 6.28. The highest BCUT2D eigenvalue weighted by molar-refractivity contribution is 7.16. The van der Waals surface area contributed by atoms with E-state index in [9.17, 15) is 0 Å². The molecule has 1 heterocycles. The van der Waals surface area contributed by atoms with E-state index in [1.54, 1.807) is 11.3 Å². The predicted molar refractivity (Wildman–Crippen MR) is 86.6 cm³/mol. The van der Waals surface area contributed by atoms with Crippen molar-refractivity contribution in [1.29, 1.82) is 0 Å². The molecule has 1 aromatic carbocycles. The lowest BCUT2D eigenvalue weighted by molar-refractivity contribution is 0.753. The summed E-state index contributed by atoms with van der Waals surface area (Å²) in [6, 6.07) is 12.2. The molecule has 0 saturated carbocycles. The molecular formula is C16H18ClNS. The fourth-order valence-electron chi connectivity index (χ4n) is 1.88. The van der Waals surface area contributed by atoms with Crippen molar-refractivity contribution in [1.82, 2.24) is 0 Å². The zero-order valence-electron chi connectivity index (χ0n) is 11.2. The van der Waals surface area contributed by atoms with Gasteiger partial charge in [-0.2, -0.15) is 0 Å². The van der Waals surface area contributed by atoms with Gasteiger partial charge in [-0.05, 0) is 30.2 Å². The Morgan fingerprint density at radius 2 is 2.00 bits per heavy atom. The Kier molecular flexibility index (Phi) is 4.81. The fraction of sp³-hybridized carbons (Fsp3) is 0.250. The molecule has 2 N–H and O–H groups in total. The predicted octanol–water partition coefficient (Wildman–Crippen LogP) is 5.07. The molecule has 0 radical (unpaired) electrons. The Balaban J connectivity index is 2.32. The topological polar surface area (TPSA) is 26.0 Å². The minimum absolute atomic E-state index is 0.482. The van der Waals surface area contributed by atoms with E-state index in [0.717, 1.165) is 10.6 Å². The van der Waals surface area contributed by atoms with Crippen molar-refractivity contribution in [2.24, 2.45) is 11.7 Å². The number of hydrogen-bond donors (Lipinski definition) is 1. The molecule has 2 aromatic rings. The average Bonchev–Trinajstić information content (AvgIpc) is 2.84. The van der Waals surface area contributed by atoms with Crippen LogP contribution in [0.3, 0.4) is 0 Å². The third-order valence-corrected chi connectivity index (χ3v) is 4.47. The van der Waals surface area contributed by atoms with Gasteiger partial charge in [-0.3, -0.25) is 0 Å². The van der Waals surface area contributed by atoms with Crippen molar-refractivity contribution in [3.63, 3.8) is 0 Å². The maximum absolute atomic E-state index is 6.22. The van der Waals surface area contributed by atoms with Crippen molar-refractivity contribution in [2.75, 3.05) is 6.54 Å². The lowest BCUT2D eigenvalue weighted by Crippen LogP contribution is -2.07. The summed E-state index contributed by atoms with van der Waals surface area (Å²) in [5.74, 6) is 0.482. The van der Waals surface area contributed by atoms with Gasteiger partial charge in [-0.1, -0.05) is 49.2 Å². The molecule has 2 rings (SSSR count). The van der Waals surface area contributed by atoms with Crippen LogP contribution in [-0.2, 0) is 0 Å². The summed E-state index contributed by atoms with van der Waals surface area (Å²) in [6.45, 7) is 4.94. The van der Waals surface area contributed by atoms with Gasteiger partial charge in [0.15, 0.2) is 0 Å².